The number of hydrogen-bond acceptors (Lipinski definition) is 3. The molecule has 0 radical (unpaired) electrons. The molecule has 1 heterocycles. The van der Waals surface area contributed by atoms with Crippen LogP contribution in [0.4, 0.5) is 11.4 Å². The van der Waals surface area contributed by atoms with Crippen molar-refractivity contribution in [3.63, 3.8) is 0 Å². The number of piperidine rings is 1. The second-order valence-corrected chi connectivity index (χ2v) is 7.55. The zero-order valence-corrected chi connectivity index (χ0v) is 18.3. The van der Waals surface area contributed by atoms with Crippen molar-refractivity contribution in [3.8, 4) is 11.1 Å². The Bertz CT molecular complexity index is 937. The number of benzene rings is 3. The van der Waals surface area contributed by atoms with Gasteiger partial charge in [0.25, 0.3) is 0 Å². The van der Waals surface area contributed by atoms with Gasteiger partial charge in [0.05, 0.1) is 0 Å². The first kappa shape index (κ1) is 21.8. The minimum Gasteiger partial charge on any atom is -0.355 e. The highest BCUT2D eigenvalue weighted by Crippen LogP contribution is 2.32. The molecule has 1 aliphatic rings. The minimum absolute atomic E-state index is 0.659. The summed E-state index contributed by atoms with van der Waals surface area (Å²) in [5.74, 6) is 0.659. The second-order valence-electron chi connectivity index (χ2n) is 7.55. The van der Waals surface area contributed by atoms with E-state index in [1.165, 1.54) is 30.2 Å². The van der Waals surface area contributed by atoms with Crippen molar-refractivity contribution in [3.05, 3.63) is 83.4 Å². The van der Waals surface area contributed by atoms with Crippen LogP contribution in [0.2, 0.25) is 0 Å². The van der Waals surface area contributed by atoms with Crippen LogP contribution in [0.1, 0.15) is 49.3 Å². The van der Waals surface area contributed by atoms with E-state index in [4.69, 9.17) is 5.41 Å². The molecule has 0 spiro atoms. The van der Waals surface area contributed by atoms with Gasteiger partial charge in [-0.15, -0.1) is 0 Å². The molecule has 30 heavy (non-hydrogen) atoms. The van der Waals surface area contributed by atoms with Crippen LogP contribution >= 0.6 is 0 Å². The van der Waals surface area contributed by atoms with Crippen LogP contribution in [0, 0.1) is 12.3 Å². The van der Waals surface area contributed by atoms with Crippen molar-refractivity contribution in [2.75, 3.05) is 18.4 Å². The highest BCUT2D eigenvalue weighted by molar-refractivity contribution is 5.96. The lowest BCUT2D eigenvalue weighted by molar-refractivity contribution is 0.460. The molecule has 0 saturated carbocycles. The zero-order valence-electron chi connectivity index (χ0n) is 18.3. The van der Waals surface area contributed by atoms with E-state index in [-0.39, 0.29) is 0 Å². The topological polar surface area (TPSA) is 47.9 Å². The summed E-state index contributed by atoms with van der Waals surface area (Å²) >= 11 is 0. The monoisotopic (exact) mass is 399 g/mol. The Hall–Kier alpha value is -2.91. The van der Waals surface area contributed by atoms with Crippen molar-refractivity contribution in [1.82, 2.24) is 5.32 Å². The molecule has 3 aromatic rings. The number of anilines is 2. The van der Waals surface area contributed by atoms with Crippen LogP contribution in [-0.2, 0) is 0 Å². The molecule has 4 rings (SSSR count). The van der Waals surface area contributed by atoms with Gasteiger partial charge in [0.1, 0.15) is 0 Å². The van der Waals surface area contributed by atoms with E-state index < -0.39 is 0 Å². The standard InChI is InChI=1S/C25H27N3.C2H6/c1-18-5-11-22(12-6-18)28-25-4-2-3-23(24(25)17-26)21-9-7-19(8-10-21)20-13-15-27-16-14-20;1-2/h2-12,17,20,26-28H,13-16H2,1H3;1-2H3. The quantitative estimate of drug-likeness (QED) is 0.409. The van der Waals surface area contributed by atoms with Gasteiger partial charge in [-0.05, 0) is 73.7 Å². The predicted octanol–water partition coefficient (Wildman–Crippen LogP) is 6.90. The molecule has 0 amide bonds. The molecule has 3 nitrogen and oxygen atoms in total. The van der Waals surface area contributed by atoms with Gasteiger partial charge in [-0.2, -0.15) is 0 Å². The van der Waals surface area contributed by atoms with Crippen LogP contribution in [-0.4, -0.2) is 19.3 Å². The van der Waals surface area contributed by atoms with Gasteiger partial charge in [-0.1, -0.05) is 67.9 Å². The van der Waals surface area contributed by atoms with Crippen molar-refractivity contribution >= 4 is 17.6 Å². The predicted molar refractivity (Wildman–Crippen MR) is 130 cm³/mol. The Kier molecular flexibility index (Phi) is 7.81. The number of hydrogen-bond donors (Lipinski definition) is 3. The highest BCUT2D eigenvalue weighted by atomic mass is 14.9. The molecule has 3 heteroatoms. The van der Waals surface area contributed by atoms with Crippen molar-refractivity contribution in [1.29, 1.82) is 5.41 Å². The molecule has 0 aliphatic carbocycles. The van der Waals surface area contributed by atoms with Crippen LogP contribution in [0.15, 0.2) is 66.7 Å². The zero-order chi connectivity index (χ0) is 21.3. The third kappa shape index (κ3) is 5.17. The summed E-state index contributed by atoms with van der Waals surface area (Å²) in [4.78, 5) is 0. The first-order valence-electron chi connectivity index (χ1n) is 11.0. The van der Waals surface area contributed by atoms with Gasteiger partial charge in [0.15, 0.2) is 0 Å². The van der Waals surface area contributed by atoms with Gasteiger partial charge >= 0.3 is 0 Å². The summed E-state index contributed by atoms with van der Waals surface area (Å²) in [6, 6.07) is 23.5. The molecular weight excluding hydrogens is 366 g/mol. The lowest BCUT2D eigenvalue weighted by atomic mass is 9.88. The Balaban J connectivity index is 0.00000124. The lowest BCUT2D eigenvalue weighted by Gasteiger charge is -2.23. The van der Waals surface area contributed by atoms with E-state index in [1.807, 2.05) is 19.9 Å². The summed E-state index contributed by atoms with van der Waals surface area (Å²) in [5, 5.41) is 14.9. The number of rotatable bonds is 5. The minimum atomic E-state index is 0.659. The van der Waals surface area contributed by atoms with Gasteiger partial charge in [-0.25, -0.2) is 0 Å². The van der Waals surface area contributed by atoms with Crippen LogP contribution in [0.5, 0.6) is 0 Å². The molecule has 3 N–H and O–H groups in total. The third-order valence-electron chi connectivity index (χ3n) is 5.61. The molecule has 0 bridgehead atoms. The summed E-state index contributed by atoms with van der Waals surface area (Å²) in [6.45, 7) is 8.30. The maximum atomic E-state index is 8.01. The number of aryl methyl sites for hydroxylation is 1. The Labute approximate surface area is 181 Å². The molecule has 3 aromatic carbocycles. The summed E-state index contributed by atoms with van der Waals surface area (Å²) in [7, 11) is 0. The van der Waals surface area contributed by atoms with E-state index in [0.29, 0.717) is 5.92 Å². The normalized spacial score (nSPS) is 13.8. The average molecular weight is 400 g/mol. The SMILES string of the molecule is CC.Cc1ccc(Nc2cccc(-c3ccc(C4CCNCC4)cc3)c2C=N)cc1. The third-order valence-corrected chi connectivity index (χ3v) is 5.61. The molecule has 1 aliphatic heterocycles. The fraction of sp³-hybridized carbons (Fsp3) is 0.296. The summed E-state index contributed by atoms with van der Waals surface area (Å²) in [5.41, 5.74) is 7.81. The van der Waals surface area contributed by atoms with Gasteiger partial charge in [0.2, 0.25) is 0 Å². The van der Waals surface area contributed by atoms with E-state index in [2.05, 4.69) is 78.2 Å². The Morgan fingerprint density at radius 1 is 0.900 bits per heavy atom. The second kappa shape index (κ2) is 10.7. The fourth-order valence-electron chi connectivity index (χ4n) is 3.96. The van der Waals surface area contributed by atoms with E-state index in [9.17, 15) is 0 Å². The number of nitrogens with one attached hydrogen (secondary N) is 3. The molecule has 1 fully saturated rings. The molecule has 0 aromatic heterocycles. The summed E-state index contributed by atoms with van der Waals surface area (Å²) in [6.07, 6.45) is 3.87. The smallest absolute Gasteiger partial charge is 0.0479 e. The first-order chi connectivity index (χ1) is 14.7. The van der Waals surface area contributed by atoms with Gasteiger partial charge < -0.3 is 16.0 Å². The van der Waals surface area contributed by atoms with E-state index in [1.54, 1.807) is 0 Å². The average Bonchev–Trinajstić information content (AvgIpc) is 2.82. The first-order valence-corrected chi connectivity index (χ1v) is 11.0. The van der Waals surface area contributed by atoms with Crippen molar-refractivity contribution in [2.45, 2.75) is 39.5 Å². The van der Waals surface area contributed by atoms with Crippen LogP contribution in [0.25, 0.3) is 11.1 Å². The van der Waals surface area contributed by atoms with E-state index in [0.717, 1.165) is 41.2 Å². The molecule has 156 valence electrons. The van der Waals surface area contributed by atoms with Gasteiger partial charge in [-0.3, -0.25) is 0 Å². The van der Waals surface area contributed by atoms with Crippen molar-refractivity contribution in [2.24, 2.45) is 0 Å². The summed E-state index contributed by atoms with van der Waals surface area (Å²) < 4.78 is 0. The molecule has 0 atom stereocenters. The fourth-order valence-corrected chi connectivity index (χ4v) is 3.96. The van der Waals surface area contributed by atoms with Gasteiger partial charge in [0, 0.05) is 23.2 Å². The lowest BCUT2D eigenvalue weighted by Crippen LogP contribution is -2.26. The highest BCUT2D eigenvalue weighted by Gasteiger charge is 2.15. The van der Waals surface area contributed by atoms with Crippen LogP contribution in [0.3, 0.4) is 0 Å². The maximum Gasteiger partial charge on any atom is 0.0479 e. The van der Waals surface area contributed by atoms with E-state index >= 15 is 0 Å². The largest absolute Gasteiger partial charge is 0.355 e. The molecular formula is C27H33N3. The molecule has 1 saturated heterocycles. The van der Waals surface area contributed by atoms with Crippen LogP contribution < -0.4 is 10.6 Å². The maximum absolute atomic E-state index is 8.01. The Morgan fingerprint density at radius 3 is 2.20 bits per heavy atom. The molecule has 0 unspecified atom stereocenters. The van der Waals surface area contributed by atoms with Crippen molar-refractivity contribution < 1.29 is 0 Å². The Morgan fingerprint density at radius 2 is 1.57 bits per heavy atom.